The third-order valence-corrected chi connectivity index (χ3v) is 1.82. The molecule has 5 heteroatoms. The molecule has 2 aromatic rings. The van der Waals surface area contributed by atoms with E-state index in [1.165, 1.54) is 18.4 Å². The van der Waals surface area contributed by atoms with Crippen LogP contribution in [-0.2, 0) is 0 Å². The zero-order chi connectivity index (χ0) is 9.97. The molecule has 0 aliphatic heterocycles. The minimum atomic E-state index is -0.367. The minimum Gasteiger partial charge on any atom is -0.416 e. The molecule has 0 aliphatic rings. The van der Waals surface area contributed by atoms with Crippen LogP contribution in [0.4, 0.5) is 4.39 Å². The van der Waals surface area contributed by atoms with E-state index in [0.717, 1.165) is 0 Å². The van der Waals surface area contributed by atoms with E-state index in [-0.39, 0.29) is 11.9 Å². The molecule has 14 heavy (non-hydrogen) atoms. The summed E-state index contributed by atoms with van der Waals surface area (Å²) >= 11 is 3.10. The Morgan fingerprint density at radius 2 is 2.29 bits per heavy atom. The predicted molar refractivity (Wildman–Crippen MR) is 50.7 cm³/mol. The Morgan fingerprint density at radius 1 is 1.43 bits per heavy atom. The van der Waals surface area contributed by atoms with Crippen molar-refractivity contribution >= 4 is 15.9 Å². The van der Waals surface area contributed by atoms with Crippen LogP contribution in [0.2, 0.25) is 0 Å². The highest BCUT2D eigenvalue weighted by Gasteiger charge is 2.04. The van der Waals surface area contributed by atoms with Gasteiger partial charge in [0.25, 0.3) is 0 Å². The monoisotopic (exact) mass is 257 g/mol. The van der Waals surface area contributed by atoms with Crippen LogP contribution in [0.25, 0.3) is 0 Å². The number of aromatic nitrogens is 1. The summed E-state index contributed by atoms with van der Waals surface area (Å²) in [6.07, 6.45) is 1.46. The first-order valence-electron chi connectivity index (χ1n) is 3.78. The number of nitrogens with zero attached hydrogens (tertiary/aromatic N) is 1. The molecule has 1 heterocycles. The molecule has 0 bridgehead atoms. The molecular weight excluding hydrogens is 253 g/mol. The highest BCUT2D eigenvalue weighted by molar-refractivity contribution is 9.10. The van der Waals surface area contributed by atoms with Crippen molar-refractivity contribution in [2.45, 2.75) is 0 Å². The standard InChI is InChI=1S/C9H5BrFNO2/c10-8-5-13-9(12-8)14-7-3-1-2-6(11)4-7/h1-5H. The summed E-state index contributed by atoms with van der Waals surface area (Å²) in [7, 11) is 0. The van der Waals surface area contributed by atoms with Gasteiger partial charge >= 0.3 is 6.08 Å². The largest absolute Gasteiger partial charge is 0.416 e. The number of halogens is 2. The predicted octanol–water partition coefficient (Wildman–Crippen LogP) is 3.37. The highest BCUT2D eigenvalue weighted by atomic mass is 79.9. The lowest BCUT2D eigenvalue weighted by atomic mass is 10.3. The van der Waals surface area contributed by atoms with Crippen LogP contribution in [0.3, 0.4) is 0 Å². The number of oxazole rings is 1. The van der Waals surface area contributed by atoms with E-state index in [0.29, 0.717) is 10.4 Å². The van der Waals surface area contributed by atoms with E-state index in [2.05, 4.69) is 20.9 Å². The van der Waals surface area contributed by atoms with Gasteiger partial charge in [-0.2, -0.15) is 4.98 Å². The maximum Gasteiger partial charge on any atom is 0.400 e. The first-order chi connectivity index (χ1) is 6.74. The number of ether oxygens (including phenoxy) is 1. The summed E-state index contributed by atoms with van der Waals surface area (Å²) in [6, 6.07) is 5.74. The molecule has 72 valence electrons. The average Bonchev–Trinajstić information content (AvgIpc) is 2.51. The van der Waals surface area contributed by atoms with Crippen molar-refractivity contribution in [3.8, 4) is 11.8 Å². The second kappa shape index (κ2) is 3.79. The van der Waals surface area contributed by atoms with Gasteiger partial charge in [0.15, 0.2) is 0 Å². The second-order valence-corrected chi connectivity index (χ2v) is 3.31. The van der Waals surface area contributed by atoms with Gasteiger partial charge in [0.2, 0.25) is 0 Å². The minimum absolute atomic E-state index is 0.0717. The Kier molecular flexibility index (Phi) is 2.49. The van der Waals surface area contributed by atoms with Crippen molar-refractivity contribution in [3.05, 3.63) is 40.9 Å². The zero-order valence-electron chi connectivity index (χ0n) is 6.91. The first kappa shape index (κ1) is 9.21. The van der Waals surface area contributed by atoms with Gasteiger partial charge < -0.3 is 9.15 Å². The van der Waals surface area contributed by atoms with E-state index in [1.807, 2.05) is 0 Å². The van der Waals surface area contributed by atoms with Gasteiger partial charge in [-0.15, -0.1) is 0 Å². The molecule has 1 aromatic heterocycles. The van der Waals surface area contributed by atoms with Gasteiger partial charge in [-0.1, -0.05) is 6.07 Å². The van der Waals surface area contributed by atoms with E-state index in [9.17, 15) is 4.39 Å². The van der Waals surface area contributed by atoms with Gasteiger partial charge in [-0.3, -0.25) is 0 Å². The van der Waals surface area contributed by atoms with Gasteiger partial charge in [0.05, 0.1) is 0 Å². The molecule has 0 saturated carbocycles. The Morgan fingerprint density at radius 3 is 2.93 bits per heavy atom. The van der Waals surface area contributed by atoms with Crippen LogP contribution in [0, 0.1) is 5.82 Å². The van der Waals surface area contributed by atoms with Crippen molar-refractivity contribution in [2.24, 2.45) is 0 Å². The third-order valence-electron chi connectivity index (χ3n) is 1.46. The fraction of sp³-hybridized carbons (Fsp3) is 0. The van der Waals surface area contributed by atoms with Crippen molar-refractivity contribution in [3.63, 3.8) is 0 Å². The van der Waals surface area contributed by atoms with Gasteiger partial charge in [0, 0.05) is 6.07 Å². The van der Waals surface area contributed by atoms with Gasteiger partial charge in [-0.25, -0.2) is 4.39 Å². The van der Waals surface area contributed by atoms with Gasteiger partial charge in [0.1, 0.15) is 22.4 Å². The summed E-state index contributed by atoms with van der Waals surface area (Å²) in [5, 5.41) is 0. The number of hydrogen-bond donors (Lipinski definition) is 0. The maximum absolute atomic E-state index is 12.7. The Bertz CT molecular complexity index is 444. The Balaban J connectivity index is 2.18. The van der Waals surface area contributed by atoms with E-state index in [4.69, 9.17) is 9.15 Å². The summed E-state index contributed by atoms with van der Waals surface area (Å²) < 4.78 is 23.3. The number of benzene rings is 1. The SMILES string of the molecule is Fc1cccc(Oc2nc(Br)co2)c1. The molecule has 0 unspecified atom stereocenters. The van der Waals surface area contributed by atoms with Crippen LogP contribution in [0.1, 0.15) is 0 Å². The molecule has 0 saturated heterocycles. The Labute approximate surface area is 87.6 Å². The van der Waals surface area contributed by atoms with E-state index < -0.39 is 0 Å². The fourth-order valence-corrected chi connectivity index (χ4v) is 1.16. The molecule has 0 fully saturated rings. The summed E-state index contributed by atoms with van der Waals surface area (Å²) in [5.74, 6) is -0.0209. The molecular formula is C9H5BrFNO2. The van der Waals surface area contributed by atoms with Crippen LogP contribution >= 0.6 is 15.9 Å². The highest BCUT2D eigenvalue weighted by Crippen LogP contribution is 2.22. The van der Waals surface area contributed by atoms with Crippen molar-refractivity contribution in [1.82, 2.24) is 4.98 Å². The molecule has 0 atom stereocenters. The normalized spacial score (nSPS) is 10.1. The van der Waals surface area contributed by atoms with Crippen LogP contribution in [0.5, 0.6) is 11.8 Å². The Hall–Kier alpha value is -1.36. The lowest BCUT2D eigenvalue weighted by Crippen LogP contribution is -1.84. The van der Waals surface area contributed by atoms with Crippen LogP contribution in [0.15, 0.2) is 39.5 Å². The first-order valence-corrected chi connectivity index (χ1v) is 4.58. The lowest BCUT2D eigenvalue weighted by molar-refractivity contribution is 0.329. The molecule has 2 rings (SSSR count). The summed E-state index contributed by atoms with van der Waals surface area (Å²) in [5.41, 5.74) is 0. The molecule has 0 radical (unpaired) electrons. The summed E-state index contributed by atoms with van der Waals surface area (Å²) in [6.45, 7) is 0. The van der Waals surface area contributed by atoms with Crippen molar-refractivity contribution < 1.29 is 13.5 Å². The maximum atomic E-state index is 12.7. The van der Waals surface area contributed by atoms with E-state index in [1.54, 1.807) is 12.1 Å². The molecule has 0 N–H and O–H groups in total. The van der Waals surface area contributed by atoms with Gasteiger partial charge in [-0.05, 0) is 28.1 Å². The van der Waals surface area contributed by atoms with E-state index >= 15 is 0 Å². The molecule has 0 aliphatic carbocycles. The molecule has 0 amide bonds. The second-order valence-electron chi connectivity index (χ2n) is 2.50. The number of rotatable bonds is 2. The third kappa shape index (κ3) is 2.11. The quantitative estimate of drug-likeness (QED) is 0.828. The van der Waals surface area contributed by atoms with Crippen molar-refractivity contribution in [2.75, 3.05) is 0 Å². The van der Waals surface area contributed by atoms with Crippen molar-refractivity contribution in [1.29, 1.82) is 0 Å². The smallest absolute Gasteiger partial charge is 0.400 e. The van der Waals surface area contributed by atoms with Crippen LogP contribution < -0.4 is 4.74 Å². The molecule has 1 aromatic carbocycles. The zero-order valence-corrected chi connectivity index (χ0v) is 8.49. The topological polar surface area (TPSA) is 35.3 Å². The lowest BCUT2D eigenvalue weighted by Gasteiger charge is -1.98. The molecule has 3 nitrogen and oxygen atoms in total. The number of hydrogen-bond acceptors (Lipinski definition) is 3. The summed E-state index contributed by atoms with van der Waals surface area (Å²) in [4.78, 5) is 3.84. The fourth-order valence-electron chi connectivity index (χ4n) is 0.917. The average molecular weight is 258 g/mol. The van der Waals surface area contributed by atoms with Crippen LogP contribution in [-0.4, -0.2) is 4.98 Å². The molecule has 0 spiro atoms.